The molecule has 2 rings (SSSR count). The van der Waals surface area contributed by atoms with Crippen molar-refractivity contribution in [2.45, 2.75) is 18.4 Å². The molecule has 7 heteroatoms. The second-order valence-corrected chi connectivity index (χ2v) is 5.01. The number of ether oxygens (including phenoxy) is 3. The zero-order valence-electron chi connectivity index (χ0n) is 10.0. The van der Waals surface area contributed by atoms with Crippen molar-refractivity contribution in [3.05, 3.63) is 28.2 Å². The molecular weight excluding hydrogens is 329 g/mol. The minimum atomic E-state index is -4.51. The monoisotopic (exact) mass is 340 g/mol. The molecule has 1 aliphatic heterocycles. The summed E-state index contributed by atoms with van der Waals surface area (Å²) in [6, 6.07) is 4.43. The summed E-state index contributed by atoms with van der Waals surface area (Å²) in [7, 11) is 1.32. The number of hydrogen-bond donors (Lipinski definition) is 0. The smallest absolute Gasteiger partial charge is 0.418 e. The lowest BCUT2D eigenvalue weighted by atomic mass is 10.1. The van der Waals surface area contributed by atoms with E-state index in [0.717, 1.165) is 0 Å². The molecule has 0 aromatic heterocycles. The molecule has 1 saturated heterocycles. The van der Waals surface area contributed by atoms with Crippen LogP contribution in [0.5, 0.6) is 5.75 Å². The first kappa shape index (κ1) is 14.6. The first-order chi connectivity index (χ1) is 8.91. The summed E-state index contributed by atoms with van der Waals surface area (Å²) in [4.78, 5) is 0. The fraction of sp³-hybridized carbons (Fsp3) is 0.500. The second kappa shape index (κ2) is 5.68. The first-order valence-electron chi connectivity index (χ1n) is 5.55. The third-order valence-corrected chi connectivity index (χ3v) is 3.12. The highest BCUT2D eigenvalue weighted by molar-refractivity contribution is 9.10. The topological polar surface area (TPSA) is 31.0 Å². The number of epoxide rings is 1. The van der Waals surface area contributed by atoms with Crippen molar-refractivity contribution in [2.75, 3.05) is 20.3 Å². The van der Waals surface area contributed by atoms with Gasteiger partial charge in [0, 0.05) is 10.0 Å². The number of hydrogen-bond acceptors (Lipinski definition) is 3. The molecule has 0 amide bonds. The molecule has 2 atom stereocenters. The van der Waals surface area contributed by atoms with Crippen LogP contribution in [-0.4, -0.2) is 32.6 Å². The fourth-order valence-corrected chi connectivity index (χ4v) is 2.02. The van der Waals surface area contributed by atoms with Gasteiger partial charge in [-0.05, 0) is 18.2 Å². The summed E-state index contributed by atoms with van der Waals surface area (Å²) in [5, 5.41) is 0. The zero-order valence-corrected chi connectivity index (χ0v) is 11.6. The number of halogens is 4. The highest BCUT2D eigenvalue weighted by Crippen LogP contribution is 2.41. The van der Waals surface area contributed by atoms with Gasteiger partial charge in [-0.3, -0.25) is 0 Å². The first-order valence-corrected chi connectivity index (χ1v) is 6.34. The van der Waals surface area contributed by atoms with Gasteiger partial charge in [0.2, 0.25) is 0 Å². The van der Waals surface area contributed by atoms with Gasteiger partial charge in [-0.2, -0.15) is 13.2 Å². The molecule has 1 aromatic carbocycles. The third-order valence-electron chi connectivity index (χ3n) is 2.62. The lowest BCUT2D eigenvalue weighted by Gasteiger charge is -2.23. The molecule has 0 unspecified atom stereocenters. The van der Waals surface area contributed by atoms with Crippen LogP contribution in [0.25, 0.3) is 0 Å². The van der Waals surface area contributed by atoms with Gasteiger partial charge in [-0.15, -0.1) is 0 Å². The average Bonchev–Trinajstić information content (AvgIpc) is 3.12. The lowest BCUT2D eigenvalue weighted by Crippen LogP contribution is -2.25. The van der Waals surface area contributed by atoms with Gasteiger partial charge >= 0.3 is 6.18 Å². The molecule has 19 heavy (non-hydrogen) atoms. The summed E-state index contributed by atoms with van der Waals surface area (Å²) >= 11 is 3.15. The van der Waals surface area contributed by atoms with Crippen LogP contribution >= 0.6 is 15.9 Å². The SMILES string of the molecule is COc1ccc(Br)cc1[C@H](OC[C@@H]1CO1)C(F)(F)F. The Bertz CT molecular complexity index is 446. The Hall–Kier alpha value is -0.790. The Kier molecular flexibility index (Phi) is 4.37. The van der Waals surface area contributed by atoms with E-state index in [-0.39, 0.29) is 24.0 Å². The third kappa shape index (κ3) is 3.84. The van der Waals surface area contributed by atoms with Gasteiger partial charge in [-0.25, -0.2) is 0 Å². The standard InChI is InChI=1S/C12H12BrF3O3/c1-17-10-3-2-7(13)4-9(10)11(12(14,15)16)19-6-8-5-18-8/h2-4,8,11H,5-6H2,1H3/t8-,11-/m0/s1. The largest absolute Gasteiger partial charge is 0.496 e. The Balaban J connectivity index is 2.27. The maximum atomic E-state index is 13.1. The van der Waals surface area contributed by atoms with Crippen LogP contribution in [0.15, 0.2) is 22.7 Å². The van der Waals surface area contributed by atoms with Crippen LogP contribution in [0.1, 0.15) is 11.7 Å². The van der Waals surface area contributed by atoms with Crippen molar-refractivity contribution in [1.82, 2.24) is 0 Å². The maximum absolute atomic E-state index is 13.1. The Labute approximate surface area is 116 Å². The summed E-state index contributed by atoms with van der Waals surface area (Å²) in [5.41, 5.74) is -0.0509. The van der Waals surface area contributed by atoms with Crippen LogP contribution in [0.3, 0.4) is 0 Å². The zero-order chi connectivity index (χ0) is 14.0. The van der Waals surface area contributed by atoms with Crippen LogP contribution in [0.4, 0.5) is 13.2 Å². The Morgan fingerprint density at radius 1 is 1.47 bits per heavy atom. The molecule has 0 N–H and O–H groups in total. The average molecular weight is 341 g/mol. The van der Waals surface area contributed by atoms with E-state index in [1.54, 1.807) is 6.07 Å². The van der Waals surface area contributed by atoms with Crippen molar-refractivity contribution in [3.8, 4) is 5.75 Å². The number of alkyl halides is 3. The molecule has 0 bridgehead atoms. The van der Waals surface area contributed by atoms with E-state index in [4.69, 9.17) is 14.2 Å². The highest BCUT2D eigenvalue weighted by Gasteiger charge is 2.44. The minimum absolute atomic E-state index is 0.0509. The van der Waals surface area contributed by atoms with Crippen molar-refractivity contribution in [3.63, 3.8) is 0 Å². The van der Waals surface area contributed by atoms with E-state index in [2.05, 4.69) is 15.9 Å². The Morgan fingerprint density at radius 2 is 2.16 bits per heavy atom. The van der Waals surface area contributed by atoms with E-state index < -0.39 is 12.3 Å². The van der Waals surface area contributed by atoms with Gasteiger partial charge in [0.25, 0.3) is 0 Å². The lowest BCUT2D eigenvalue weighted by molar-refractivity contribution is -0.225. The molecule has 0 spiro atoms. The predicted molar refractivity (Wildman–Crippen MR) is 65.2 cm³/mol. The molecule has 0 aliphatic carbocycles. The van der Waals surface area contributed by atoms with Crippen molar-refractivity contribution in [1.29, 1.82) is 0 Å². The van der Waals surface area contributed by atoms with Crippen molar-refractivity contribution >= 4 is 15.9 Å². The summed E-state index contributed by atoms with van der Waals surface area (Å²) in [6.07, 6.45) is -6.77. The summed E-state index contributed by atoms with van der Waals surface area (Å²) in [6.45, 7) is 0.361. The molecule has 1 aromatic rings. The fourth-order valence-electron chi connectivity index (χ4n) is 1.64. The van der Waals surface area contributed by atoms with Gasteiger partial charge in [-0.1, -0.05) is 15.9 Å². The van der Waals surface area contributed by atoms with Crippen molar-refractivity contribution in [2.24, 2.45) is 0 Å². The molecule has 3 nitrogen and oxygen atoms in total. The maximum Gasteiger partial charge on any atom is 0.418 e. The quantitative estimate of drug-likeness (QED) is 0.769. The van der Waals surface area contributed by atoms with E-state index in [0.29, 0.717) is 11.1 Å². The second-order valence-electron chi connectivity index (χ2n) is 4.10. The van der Waals surface area contributed by atoms with E-state index >= 15 is 0 Å². The van der Waals surface area contributed by atoms with Crippen LogP contribution in [-0.2, 0) is 9.47 Å². The van der Waals surface area contributed by atoms with Crippen LogP contribution in [0.2, 0.25) is 0 Å². The molecule has 0 radical (unpaired) electrons. The number of benzene rings is 1. The molecule has 0 saturated carbocycles. The normalized spacial score (nSPS) is 20.2. The number of methoxy groups -OCH3 is 1. The van der Waals surface area contributed by atoms with Gasteiger partial charge < -0.3 is 14.2 Å². The van der Waals surface area contributed by atoms with Crippen LogP contribution < -0.4 is 4.74 Å². The van der Waals surface area contributed by atoms with Crippen molar-refractivity contribution < 1.29 is 27.4 Å². The molecule has 1 heterocycles. The number of rotatable bonds is 5. The van der Waals surface area contributed by atoms with E-state index in [1.165, 1.54) is 19.2 Å². The van der Waals surface area contributed by atoms with Gasteiger partial charge in [0.05, 0.1) is 20.3 Å². The van der Waals surface area contributed by atoms with E-state index in [1.807, 2.05) is 0 Å². The highest BCUT2D eigenvalue weighted by atomic mass is 79.9. The van der Waals surface area contributed by atoms with Crippen LogP contribution in [0, 0.1) is 0 Å². The Morgan fingerprint density at radius 3 is 2.68 bits per heavy atom. The van der Waals surface area contributed by atoms with Gasteiger partial charge in [0.1, 0.15) is 11.9 Å². The van der Waals surface area contributed by atoms with Gasteiger partial charge in [0.15, 0.2) is 6.10 Å². The van der Waals surface area contributed by atoms with E-state index in [9.17, 15) is 13.2 Å². The summed E-state index contributed by atoms with van der Waals surface area (Å²) in [5.74, 6) is 0.141. The molecule has 1 fully saturated rings. The molecule has 106 valence electrons. The minimum Gasteiger partial charge on any atom is -0.496 e. The predicted octanol–water partition coefficient (Wildman–Crippen LogP) is 3.48. The summed E-state index contributed by atoms with van der Waals surface area (Å²) < 4.78 is 54.6. The molecular formula is C12H12BrF3O3. The molecule has 1 aliphatic rings.